The number of carbonyl (C=O) groups is 3. The van der Waals surface area contributed by atoms with Crippen LogP contribution in [0.1, 0.15) is 42.1 Å². The highest BCUT2D eigenvalue weighted by Gasteiger charge is 2.28. The summed E-state index contributed by atoms with van der Waals surface area (Å²) in [6, 6.07) is 14.9. The first-order valence-electron chi connectivity index (χ1n) is 10.3. The lowest BCUT2D eigenvalue weighted by molar-refractivity contribution is -0.135. The summed E-state index contributed by atoms with van der Waals surface area (Å²) in [6.07, 6.45) is 1.92. The molecule has 0 aromatic heterocycles. The molecule has 1 aliphatic rings. The SMILES string of the molecule is CCC(=O)N1CCCC(C(=O)NNC(=O)c2ccc(CSc3ccc(Cl)cc3)cc2)C1. The summed E-state index contributed by atoms with van der Waals surface area (Å²) in [5.74, 6) is -0.122. The zero-order valence-electron chi connectivity index (χ0n) is 17.4. The fraction of sp³-hybridized carbons (Fsp3) is 0.348. The highest BCUT2D eigenvalue weighted by molar-refractivity contribution is 7.98. The third-order valence-corrected chi connectivity index (χ3v) is 6.52. The number of nitrogens with one attached hydrogen (secondary N) is 2. The maximum atomic E-state index is 12.4. The minimum absolute atomic E-state index is 0.0517. The molecule has 6 nitrogen and oxygen atoms in total. The van der Waals surface area contributed by atoms with E-state index in [9.17, 15) is 14.4 Å². The second kappa shape index (κ2) is 11.2. The van der Waals surface area contributed by atoms with E-state index in [-0.39, 0.29) is 23.6 Å². The van der Waals surface area contributed by atoms with E-state index < -0.39 is 0 Å². The Labute approximate surface area is 191 Å². The van der Waals surface area contributed by atoms with Crippen LogP contribution in [-0.4, -0.2) is 35.7 Å². The molecule has 0 radical (unpaired) electrons. The molecule has 0 saturated carbocycles. The van der Waals surface area contributed by atoms with Gasteiger partial charge >= 0.3 is 0 Å². The Morgan fingerprint density at radius 1 is 1.06 bits per heavy atom. The van der Waals surface area contributed by atoms with Gasteiger partial charge in [-0.3, -0.25) is 25.2 Å². The topological polar surface area (TPSA) is 78.5 Å². The highest BCUT2D eigenvalue weighted by Crippen LogP contribution is 2.24. The van der Waals surface area contributed by atoms with E-state index in [2.05, 4.69) is 10.9 Å². The first-order valence-corrected chi connectivity index (χ1v) is 11.7. The van der Waals surface area contributed by atoms with Crippen molar-refractivity contribution in [2.45, 2.75) is 36.8 Å². The number of halogens is 1. The number of piperidine rings is 1. The van der Waals surface area contributed by atoms with Gasteiger partial charge in [-0.15, -0.1) is 11.8 Å². The number of amides is 3. The lowest BCUT2D eigenvalue weighted by atomic mass is 9.97. The maximum Gasteiger partial charge on any atom is 0.269 e. The van der Waals surface area contributed by atoms with Gasteiger partial charge in [-0.1, -0.05) is 30.7 Å². The maximum absolute atomic E-state index is 12.4. The Bertz CT molecular complexity index is 919. The van der Waals surface area contributed by atoms with Crippen LogP contribution < -0.4 is 10.9 Å². The average Bonchev–Trinajstić information content (AvgIpc) is 2.81. The van der Waals surface area contributed by atoms with Crippen LogP contribution in [0.5, 0.6) is 0 Å². The van der Waals surface area contributed by atoms with Crippen molar-refractivity contribution in [3.63, 3.8) is 0 Å². The van der Waals surface area contributed by atoms with E-state index in [0.717, 1.165) is 22.6 Å². The first kappa shape index (κ1) is 23.2. The zero-order chi connectivity index (χ0) is 22.2. The summed E-state index contributed by atoms with van der Waals surface area (Å²) < 4.78 is 0. The predicted octanol–water partition coefficient (Wildman–Crippen LogP) is 4.04. The summed E-state index contributed by atoms with van der Waals surface area (Å²) in [5, 5.41) is 0.710. The predicted molar refractivity (Wildman–Crippen MR) is 123 cm³/mol. The largest absolute Gasteiger partial charge is 0.342 e. The molecular formula is C23H26ClN3O3S. The second-order valence-corrected chi connectivity index (χ2v) is 8.90. The van der Waals surface area contributed by atoms with Crippen molar-refractivity contribution in [2.24, 2.45) is 5.92 Å². The van der Waals surface area contributed by atoms with E-state index in [0.29, 0.717) is 36.5 Å². The van der Waals surface area contributed by atoms with E-state index in [1.165, 1.54) is 0 Å². The molecule has 0 spiro atoms. The van der Waals surface area contributed by atoms with Crippen molar-refractivity contribution in [1.82, 2.24) is 15.8 Å². The second-order valence-electron chi connectivity index (χ2n) is 7.42. The van der Waals surface area contributed by atoms with Gasteiger partial charge in [0.2, 0.25) is 11.8 Å². The lowest BCUT2D eigenvalue weighted by Crippen LogP contribution is -2.49. The van der Waals surface area contributed by atoms with Crippen LogP contribution in [-0.2, 0) is 15.3 Å². The molecule has 31 heavy (non-hydrogen) atoms. The molecule has 2 aromatic carbocycles. The van der Waals surface area contributed by atoms with Crippen molar-refractivity contribution in [1.29, 1.82) is 0 Å². The summed E-state index contributed by atoms with van der Waals surface area (Å²) >= 11 is 7.59. The summed E-state index contributed by atoms with van der Waals surface area (Å²) in [5.41, 5.74) is 6.53. The number of likely N-dealkylation sites (tertiary alicyclic amines) is 1. The number of rotatable bonds is 6. The fourth-order valence-corrected chi connectivity index (χ4v) is 4.36. The normalized spacial score (nSPS) is 15.9. The molecule has 1 unspecified atom stereocenters. The van der Waals surface area contributed by atoms with Gasteiger partial charge in [0, 0.05) is 40.7 Å². The van der Waals surface area contributed by atoms with Crippen LogP contribution >= 0.6 is 23.4 Å². The van der Waals surface area contributed by atoms with Crippen LogP contribution in [0.25, 0.3) is 0 Å². The number of benzene rings is 2. The van der Waals surface area contributed by atoms with Crippen molar-refractivity contribution in [2.75, 3.05) is 13.1 Å². The summed E-state index contributed by atoms with van der Waals surface area (Å²) in [4.78, 5) is 39.5. The van der Waals surface area contributed by atoms with Crippen molar-refractivity contribution >= 4 is 41.1 Å². The third-order valence-electron chi connectivity index (χ3n) is 5.18. The molecular weight excluding hydrogens is 434 g/mol. The summed E-state index contributed by atoms with van der Waals surface area (Å²) in [7, 11) is 0. The third kappa shape index (κ3) is 6.74. The average molecular weight is 460 g/mol. The highest BCUT2D eigenvalue weighted by atomic mass is 35.5. The van der Waals surface area contributed by atoms with Gasteiger partial charge in [0.25, 0.3) is 5.91 Å². The monoisotopic (exact) mass is 459 g/mol. The van der Waals surface area contributed by atoms with Crippen LogP contribution in [0.15, 0.2) is 53.4 Å². The van der Waals surface area contributed by atoms with Crippen LogP contribution in [0.3, 0.4) is 0 Å². The Morgan fingerprint density at radius 2 is 1.77 bits per heavy atom. The van der Waals surface area contributed by atoms with Gasteiger partial charge in [0.15, 0.2) is 0 Å². The molecule has 1 saturated heterocycles. The van der Waals surface area contributed by atoms with Gasteiger partial charge in [-0.2, -0.15) is 0 Å². The Morgan fingerprint density at radius 3 is 2.45 bits per heavy atom. The smallest absolute Gasteiger partial charge is 0.269 e. The van der Waals surface area contributed by atoms with E-state index in [1.807, 2.05) is 43.3 Å². The van der Waals surface area contributed by atoms with Gasteiger partial charge < -0.3 is 4.90 Å². The molecule has 0 aliphatic carbocycles. The number of carbonyl (C=O) groups excluding carboxylic acids is 3. The molecule has 3 amide bonds. The first-order chi connectivity index (χ1) is 15.0. The van der Waals surface area contributed by atoms with Crippen molar-refractivity contribution in [3.8, 4) is 0 Å². The minimum Gasteiger partial charge on any atom is -0.342 e. The quantitative estimate of drug-likeness (QED) is 0.504. The molecule has 0 bridgehead atoms. The van der Waals surface area contributed by atoms with E-state index >= 15 is 0 Å². The lowest BCUT2D eigenvalue weighted by Gasteiger charge is -2.31. The molecule has 2 aromatic rings. The van der Waals surface area contributed by atoms with E-state index in [4.69, 9.17) is 11.6 Å². The minimum atomic E-state index is -0.373. The van der Waals surface area contributed by atoms with Gasteiger partial charge in [-0.05, 0) is 54.8 Å². The fourth-order valence-electron chi connectivity index (χ4n) is 3.38. The molecule has 1 heterocycles. The molecule has 1 atom stereocenters. The molecule has 2 N–H and O–H groups in total. The Hall–Kier alpha value is -2.51. The number of hydrogen-bond donors (Lipinski definition) is 2. The number of hydrazine groups is 1. The summed E-state index contributed by atoms with van der Waals surface area (Å²) in [6.45, 7) is 2.90. The van der Waals surface area contributed by atoms with Crippen LogP contribution in [0.4, 0.5) is 0 Å². The van der Waals surface area contributed by atoms with Gasteiger partial charge in [-0.25, -0.2) is 0 Å². The standard InChI is InChI=1S/C23H26ClN3O3S/c1-2-21(28)27-13-3-4-18(14-27)23(30)26-25-22(29)17-7-5-16(6-8-17)15-31-20-11-9-19(24)10-12-20/h5-12,18H,2-4,13-15H2,1H3,(H,25,29)(H,26,30). The van der Waals surface area contributed by atoms with Crippen molar-refractivity contribution in [3.05, 3.63) is 64.7 Å². The number of nitrogens with zero attached hydrogens (tertiary/aromatic N) is 1. The molecule has 8 heteroatoms. The van der Waals surface area contributed by atoms with E-state index in [1.54, 1.807) is 28.8 Å². The molecule has 1 fully saturated rings. The van der Waals surface area contributed by atoms with Gasteiger partial charge in [0.1, 0.15) is 0 Å². The molecule has 3 rings (SSSR count). The zero-order valence-corrected chi connectivity index (χ0v) is 19.0. The number of hydrogen-bond acceptors (Lipinski definition) is 4. The van der Waals surface area contributed by atoms with Gasteiger partial charge in [0.05, 0.1) is 5.92 Å². The van der Waals surface area contributed by atoms with Crippen molar-refractivity contribution < 1.29 is 14.4 Å². The van der Waals surface area contributed by atoms with Crippen LogP contribution in [0, 0.1) is 5.92 Å². The number of thioether (sulfide) groups is 1. The molecule has 1 aliphatic heterocycles. The van der Waals surface area contributed by atoms with Crippen LogP contribution in [0.2, 0.25) is 5.02 Å². The Balaban J connectivity index is 1.46. The Kier molecular flexibility index (Phi) is 8.37. The molecule has 164 valence electrons.